The third kappa shape index (κ3) is 5.10. The Balaban J connectivity index is 0.984. The zero-order chi connectivity index (χ0) is 39.4. The smallest absolute Gasteiger partial charge is 0.174 e. The number of hydrogen-bond acceptors (Lipinski definition) is 4. The molecule has 0 unspecified atom stereocenters. The lowest BCUT2D eigenvalue weighted by atomic mass is 9.43. The zero-order valence-corrected chi connectivity index (χ0v) is 33.2. The number of rotatable bonds is 5. The zero-order valence-electron chi connectivity index (χ0n) is 33.2. The molecule has 4 bridgehead atoms. The van der Waals surface area contributed by atoms with Crippen molar-refractivity contribution in [1.29, 1.82) is 0 Å². The van der Waals surface area contributed by atoms with Gasteiger partial charge in [0.25, 0.3) is 0 Å². The van der Waals surface area contributed by atoms with E-state index in [1.807, 2.05) is 24.3 Å². The molecule has 4 heteroatoms. The van der Waals surface area contributed by atoms with Gasteiger partial charge in [0.05, 0.1) is 5.69 Å². The fourth-order valence-corrected chi connectivity index (χ4v) is 12.3. The van der Waals surface area contributed by atoms with Gasteiger partial charge in [0.2, 0.25) is 0 Å². The molecule has 60 heavy (non-hydrogen) atoms. The number of fused-ring (bicyclic) bond motifs is 6. The highest BCUT2D eigenvalue weighted by Crippen LogP contribution is 2.72. The van der Waals surface area contributed by atoms with Crippen molar-refractivity contribution in [2.24, 2.45) is 23.7 Å². The van der Waals surface area contributed by atoms with Gasteiger partial charge in [-0.25, -0.2) is 9.97 Å². The van der Waals surface area contributed by atoms with Crippen LogP contribution in [0.5, 0.6) is 23.0 Å². The van der Waals surface area contributed by atoms with Gasteiger partial charge in [0, 0.05) is 33.9 Å². The van der Waals surface area contributed by atoms with Crippen molar-refractivity contribution in [1.82, 2.24) is 9.97 Å². The standard InChI is InChI=1S/C56H42N2O2/c1-3-10-36(11-4-1)38-18-20-39(21-19-38)55-57-33-47(53(58-55)42-15-9-14-40(31-42)37-12-5-2-6-13-37)41-22-24-48-46(32-41)45-23-25-51-54(60-50-17-8-7-16-49(50)59-51)52(45)56(48)43-27-34-26-35(29-43)30-44(56)28-34/h1-25,31-35,43-44H,26-30H2. The molecule has 5 aliphatic carbocycles. The Hall–Kier alpha value is -6.78. The predicted molar refractivity (Wildman–Crippen MR) is 239 cm³/mol. The molecule has 4 nitrogen and oxygen atoms in total. The van der Waals surface area contributed by atoms with Crippen LogP contribution in [0.3, 0.4) is 0 Å². The third-order valence-corrected chi connectivity index (χ3v) is 14.6. The fraction of sp³-hybridized carbons (Fsp3) is 0.179. The van der Waals surface area contributed by atoms with Crippen molar-refractivity contribution in [3.63, 3.8) is 0 Å². The minimum atomic E-state index is -0.100. The van der Waals surface area contributed by atoms with Crippen LogP contribution < -0.4 is 9.47 Å². The van der Waals surface area contributed by atoms with Crippen molar-refractivity contribution >= 4 is 0 Å². The van der Waals surface area contributed by atoms with Gasteiger partial charge in [-0.1, -0.05) is 133 Å². The van der Waals surface area contributed by atoms with E-state index in [2.05, 4.69) is 146 Å². The van der Waals surface area contributed by atoms with Crippen LogP contribution in [-0.2, 0) is 5.41 Å². The number of nitrogens with zero attached hydrogens (tertiary/aromatic N) is 2. The Kier molecular flexibility index (Phi) is 7.46. The summed E-state index contributed by atoms with van der Waals surface area (Å²) < 4.78 is 13.6. The van der Waals surface area contributed by atoms with E-state index in [4.69, 9.17) is 19.4 Å². The van der Waals surface area contributed by atoms with E-state index in [0.29, 0.717) is 17.7 Å². The first-order valence-corrected chi connectivity index (χ1v) is 21.6. The molecule has 0 saturated heterocycles. The Morgan fingerprint density at radius 2 is 1.03 bits per heavy atom. The number of ether oxygens (including phenoxy) is 2. The Morgan fingerprint density at radius 3 is 1.77 bits per heavy atom. The van der Waals surface area contributed by atoms with Crippen molar-refractivity contribution in [2.75, 3.05) is 0 Å². The van der Waals surface area contributed by atoms with Crippen LogP contribution in [0, 0.1) is 23.7 Å². The van der Waals surface area contributed by atoms with Crippen LogP contribution in [-0.4, -0.2) is 9.97 Å². The quantitative estimate of drug-likeness (QED) is 0.175. The summed E-state index contributed by atoms with van der Waals surface area (Å²) in [5, 5.41) is 0. The Morgan fingerprint density at radius 1 is 0.433 bits per heavy atom. The lowest BCUT2D eigenvalue weighted by Crippen LogP contribution is -2.55. The summed E-state index contributed by atoms with van der Waals surface area (Å²) in [5.74, 6) is 6.86. The van der Waals surface area contributed by atoms with E-state index in [1.54, 1.807) is 0 Å². The third-order valence-electron chi connectivity index (χ3n) is 14.6. The molecule has 1 aliphatic heterocycles. The van der Waals surface area contributed by atoms with Crippen LogP contribution in [0.1, 0.15) is 43.2 Å². The van der Waals surface area contributed by atoms with Gasteiger partial charge in [-0.3, -0.25) is 0 Å². The summed E-state index contributed by atoms with van der Waals surface area (Å²) in [4.78, 5) is 10.5. The maximum Gasteiger partial charge on any atom is 0.174 e. The van der Waals surface area contributed by atoms with Gasteiger partial charge < -0.3 is 9.47 Å². The molecule has 7 aromatic carbocycles. The van der Waals surface area contributed by atoms with Crippen molar-refractivity contribution < 1.29 is 9.47 Å². The molecule has 2 heterocycles. The summed E-state index contributed by atoms with van der Waals surface area (Å²) in [6.45, 7) is 0. The highest BCUT2D eigenvalue weighted by molar-refractivity contribution is 5.91. The molecule has 6 aliphatic rings. The molecule has 0 atom stereocenters. The van der Waals surface area contributed by atoms with Gasteiger partial charge in [-0.05, 0) is 131 Å². The number of aromatic nitrogens is 2. The lowest BCUT2D eigenvalue weighted by molar-refractivity contribution is -0.0407. The molecule has 0 amide bonds. The normalized spacial score (nSPS) is 22.3. The van der Waals surface area contributed by atoms with Crippen molar-refractivity contribution in [3.8, 4) is 90.2 Å². The van der Waals surface area contributed by atoms with E-state index in [-0.39, 0.29) is 5.41 Å². The second kappa shape index (κ2) is 13.1. The lowest BCUT2D eigenvalue weighted by Gasteiger charge is -2.61. The number of hydrogen-bond donors (Lipinski definition) is 0. The monoisotopic (exact) mass is 774 g/mol. The first kappa shape index (κ1) is 34.1. The maximum absolute atomic E-state index is 6.96. The Labute approximate surface area is 350 Å². The highest BCUT2D eigenvalue weighted by Gasteiger charge is 2.63. The second-order valence-electron chi connectivity index (χ2n) is 17.7. The molecule has 0 N–H and O–H groups in total. The van der Waals surface area contributed by atoms with E-state index in [0.717, 1.165) is 68.3 Å². The molecule has 14 rings (SSSR count). The van der Waals surface area contributed by atoms with Crippen LogP contribution >= 0.6 is 0 Å². The highest BCUT2D eigenvalue weighted by atomic mass is 16.6. The van der Waals surface area contributed by atoms with Gasteiger partial charge in [-0.2, -0.15) is 0 Å². The summed E-state index contributed by atoms with van der Waals surface area (Å²) in [7, 11) is 0. The van der Waals surface area contributed by atoms with Crippen LogP contribution in [0.25, 0.3) is 67.2 Å². The van der Waals surface area contributed by atoms with E-state index in [1.165, 1.54) is 71.0 Å². The molecular formula is C56H42N2O2. The molecule has 288 valence electrons. The maximum atomic E-state index is 6.96. The average Bonchev–Trinajstić information content (AvgIpc) is 3.61. The molecule has 0 radical (unpaired) electrons. The molecule has 1 spiro atoms. The average molecular weight is 775 g/mol. The van der Waals surface area contributed by atoms with E-state index < -0.39 is 0 Å². The largest absolute Gasteiger partial charge is 0.450 e. The summed E-state index contributed by atoms with van der Waals surface area (Å²) in [5.41, 5.74) is 15.1. The molecule has 4 fully saturated rings. The topological polar surface area (TPSA) is 44.2 Å². The number of para-hydroxylation sites is 2. The fourth-order valence-electron chi connectivity index (χ4n) is 12.3. The van der Waals surface area contributed by atoms with Gasteiger partial charge in [0.1, 0.15) is 0 Å². The van der Waals surface area contributed by atoms with E-state index in [9.17, 15) is 0 Å². The van der Waals surface area contributed by atoms with Crippen LogP contribution in [0.2, 0.25) is 0 Å². The summed E-state index contributed by atoms with van der Waals surface area (Å²) in [6, 6.07) is 58.3. The van der Waals surface area contributed by atoms with Gasteiger partial charge in [-0.15, -0.1) is 0 Å². The molecule has 8 aromatic rings. The molecule has 1 aromatic heterocycles. The van der Waals surface area contributed by atoms with Crippen molar-refractivity contribution in [2.45, 2.75) is 37.5 Å². The number of benzene rings is 7. The SMILES string of the molecule is c1ccc(-c2ccc(-c3ncc(-c4ccc5c(c4)-c4ccc6c(c4C54C5CC7CC(C5)CC4C7)Oc4ccccc4O6)c(-c4cccc(-c5ccccc5)c4)n3)cc2)cc1. The van der Waals surface area contributed by atoms with Crippen LogP contribution in [0.15, 0.2) is 170 Å². The first-order chi connectivity index (χ1) is 29.7. The first-order valence-electron chi connectivity index (χ1n) is 21.6. The second-order valence-corrected chi connectivity index (χ2v) is 17.7. The Bertz CT molecular complexity index is 2960. The summed E-state index contributed by atoms with van der Waals surface area (Å²) in [6.07, 6.45) is 8.62. The molecule has 4 saturated carbocycles. The summed E-state index contributed by atoms with van der Waals surface area (Å²) >= 11 is 0. The van der Waals surface area contributed by atoms with Gasteiger partial charge >= 0.3 is 0 Å². The van der Waals surface area contributed by atoms with Gasteiger partial charge in [0.15, 0.2) is 28.8 Å². The minimum absolute atomic E-state index is 0.100. The van der Waals surface area contributed by atoms with E-state index >= 15 is 0 Å². The predicted octanol–water partition coefficient (Wildman–Crippen LogP) is 14.4. The minimum Gasteiger partial charge on any atom is -0.450 e. The molecular weight excluding hydrogens is 733 g/mol. The van der Waals surface area contributed by atoms with Crippen LogP contribution in [0.4, 0.5) is 0 Å². The van der Waals surface area contributed by atoms with Crippen molar-refractivity contribution in [3.05, 3.63) is 181 Å².